The maximum atomic E-state index is 10.3. The van der Waals surface area contributed by atoms with Crippen LogP contribution >= 0.6 is 11.6 Å². The molecule has 0 aliphatic heterocycles. The van der Waals surface area contributed by atoms with Crippen molar-refractivity contribution in [3.05, 3.63) is 70.4 Å². The van der Waals surface area contributed by atoms with E-state index in [1.807, 2.05) is 67.9 Å². The van der Waals surface area contributed by atoms with E-state index in [1.165, 1.54) is 5.56 Å². The molecule has 0 aliphatic rings. The van der Waals surface area contributed by atoms with Crippen molar-refractivity contribution in [3.63, 3.8) is 0 Å². The Kier molecular flexibility index (Phi) is 3.93. The number of phenolic OH excluding ortho intramolecular Hbond substituents is 1. The average Bonchev–Trinajstić information content (AvgIpc) is 2.93. The van der Waals surface area contributed by atoms with Crippen LogP contribution in [0.15, 0.2) is 48.5 Å². The van der Waals surface area contributed by atoms with Gasteiger partial charge in [0.25, 0.3) is 0 Å². The van der Waals surface area contributed by atoms with E-state index < -0.39 is 0 Å². The second-order valence-electron chi connectivity index (χ2n) is 6.54. The summed E-state index contributed by atoms with van der Waals surface area (Å²) in [6, 6.07) is 15.4. The lowest BCUT2D eigenvalue weighted by Crippen LogP contribution is -1.99. The maximum absolute atomic E-state index is 10.3. The molecule has 5 heteroatoms. The molecule has 0 fully saturated rings. The molecule has 0 aliphatic carbocycles. The lowest BCUT2D eigenvalue weighted by molar-refractivity contribution is 0.477. The van der Waals surface area contributed by atoms with Crippen LogP contribution in [0, 0.1) is 20.8 Å². The number of nitrogens with zero attached hydrogens (tertiary/aromatic N) is 3. The molecule has 0 spiro atoms. The third-order valence-corrected chi connectivity index (χ3v) is 4.77. The second kappa shape index (κ2) is 6.15. The van der Waals surface area contributed by atoms with E-state index in [0.717, 1.165) is 22.3 Å². The van der Waals surface area contributed by atoms with E-state index in [-0.39, 0.29) is 5.75 Å². The molecule has 4 rings (SSSR count). The van der Waals surface area contributed by atoms with E-state index in [1.54, 1.807) is 6.07 Å². The van der Waals surface area contributed by atoms with Crippen LogP contribution in [0.2, 0.25) is 5.02 Å². The predicted octanol–water partition coefficient (Wildman–Crippen LogP) is 5.37. The van der Waals surface area contributed by atoms with Crippen LogP contribution in [0.3, 0.4) is 0 Å². The molecule has 1 N–H and O–H groups in total. The van der Waals surface area contributed by atoms with Crippen molar-refractivity contribution in [2.45, 2.75) is 20.8 Å². The third-order valence-electron chi connectivity index (χ3n) is 4.48. The van der Waals surface area contributed by atoms with Crippen LogP contribution in [0.25, 0.3) is 28.0 Å². The van der Waals surface area contributed by atoms with Crippen molar-refractivity contribution in [1.29, 1.82) is 0 Å². The molecule has 2 aromatic heterocycles. The topological polar surface area (TPSA) is 50.9 Å². The average molecular weight is 364 g/mol. The Hall–Kier alpha value is -2.85. The summed E-state index contributed by atoms with van der Waals surface area (Å²) in [5.41, 5.74) is 5.88. The molecule has 4 nitrogen and oxygen atoms in total. The molecule has 0 atom stereocenters. The van der Waals surface area contributed by atoms with Crippen LogP contribution in [0.5, 0.6) is 5.75 Å². The maximum Gasteiger partial charge on any atom is 0.163 e. The van der Waals surface area contributed by atoms with Gasteiger partial charge in [0, 0.05) is 10.9 Å². The van der Waals surface area contributed by atoms with Crippen molar-refractivity contribution in [3.8, 4) is 22.7 Å². The Bertz CT molecular complexity index is 1130. The molecule has 26 heavy (non-hydrogen) atoms. The van der Waals surface area contributed by atoms with Gasteiger partial charge in [-0.25, -0.2) is 9.67 Å². The summed E-state index contributed by atoms with van der Waals surface area (Å²) >= 11 is 6.50. The Balaban J connectivity index is 1.99. The first-order valence-electron chi connectivity index (χ1n) is 8.37. The minimum absolute atomic E-state index is 0.155. The number of aromatic hydroxyl groups is 1. The predicted molar refractivity (Wildman–Crippen MR) is 105 cm³/mol. The largest absolute Gasteiger partial charge is 0.507 e. The van der Waals surface area contributed by atoms with Gasteiger partial charge in [0.2, 0.25) is 0 Å². The highest BCUT2D eigenvalue weighted by Gasteiger charge is 2.17. The molecule has 0 saturated carbocycles. The molecule has 2 heterocycles. The minimum Gasteiger partial charge on any atom is -0.507 e. The van der Waals surface area contributed by atoms with E-state index >= 15 is 0 Å². The number of benzene rings is 2. The molecule has 0 bridgehead atoms. The summed E-state index contributed by atoms with van der Waals surface area (Å²) in [5, 5.41) is 16.3. The van der Waals surface area contributed by atoms with E-state index in [4.69, 9.17) is 16.6 Å². The molecule has 130 valence electrons. The molecular formula is C21H18ClN3O. The van der Waals surface area contributed by atoms with Gasteiger partial charge in [0.15, 0.2) is 5.65 Å². The fourth-order valence-electron chi connectivity index (χ4n) is 3.05. The molecule has 0 unspecified atom stereocenters. The summed E-state index contributed by atoms with van der Waals surface area (Å²) in [6.07, 6.45) is 0. The first-order chi connectivity index (χ1) is 12.4. The van der Waals surface area contributed by atoms with Crippen LogP contribution in [-0.4, -0.2) is 19.9 Å². The number of aryl methyl sites for hydroxylation is 3. The first-order valence-corrected chi connectivity index (χ1v) is 8.75. The Morgan fingerprint density at radius 2 is 1.62 bits per heavy atom. The van der Waals surface area contributed by atoms with E-state index in [9.17, 15) is 5.11 Å². The molecule has 0 amide bonds. The smallest absolute Gasteiger partial charge is 0.163 e. The lowest BCUT2D eigenvalue weighted by atomic mass is 10.1. The van der Waals surface area contributed by atoms with Crippen molar-refractivity contribution in [1.82, 2.24) is 14.8 Å². The van der Waals surface area contributed by atoms with Gasteiger partial charge in [-0.3, -0.25) is 0 Å². The first kappa shape index (κ1) is 16.6. The second-order valence-corrected chi connectivity index (χ2v) is 6.95. The highest BCUT2D eigenvalue weighted by Crippen LogP contribution is 2.36. The SMILES string of the molecule is Cc1ccc(-n2nc(C)c3cc(Cl)c(-c4cc(C)ccc4O)nc32)cc1. The fraction of sp³-hybridized carbons (Fsp3) is 0.143. The zero-order valence-electron chi connectivity index (χ0n) is 14.8. The number of rotatable bonds is 2. The standard InChI is InChI=1S/C21H18ClN3O/c1-12-4-7-15(8-5-12)25-21-16(14(3)24-25)11-18(22)20(23-21)17-10-13(2)6-9-19(17)26/h4-11,26H,1-3H3. The van der Waals surface area contributed by atoms with Crippen LogP contribution in [0.1, 0.15) is 16.8 Å². The van der Waals surface area contributed by atoms with Gasteiger partial charge in [-0.05, 0) is 51.1 Å². The van der Waals surface area contributed by atoms with Gasteiger partial charge in [-0.2, -0.15) is 5.10 Å². The monoisotopic (exact) mass is 363 g/mol. The van der Waals surface area contributed by atoms with Crippen LogP contribution < -0.4 is 0 Å². The Morgan fingerprint density at radius 3 is 2.35 bits per heavy atom. The van der Waals surface area contributed by atoms with E-state index in [2.05, 4.69) is 5.10 Å². The van der Waals surface area contributed by atoms with Gasteiger partial charge in [-0.15, -0.1) is 0 Å². The summed E-state index contributed by atoms with van der Waals surface area (Å²) in [5.74, 6) is 0.155. The minimum atomic E-state index is 0.155. The normalized spacial score (nSPS) is 11.2. The van der Waals surface area contributed by atoms with E-state index in [0.29, 0.717) is 21.9 Å². The van der Waals surface area contributed by atoms with Crippen molar-refractivity contribution in [2.75, 3.05) is 0 Å². The highest BCUT2D eigenvalue weighted by atomic mass is 35.5. The molecule has 0 saturated heterocycles. The quantitative estimate of drug-likeness (QED) is 0.520. The van der Waals surface area contributed by atoms with Crippen molar-refractivity contribution in [2.24, 2.45) is 0 Å². The Morgan fingerprint density at radius 1 is 0.923 bits per heavy atom. The number of hydrogen-bond donors (Lipinski definition) is 1. The third kappa shape index (κ3) is 2.72. The van der Waals surface area contributed by atoms with Gasteiger partial charge >= 0.3 is 0 Å². The van der Waals surface area contributed by atoms with Crippen LogP contribution in [-0.2, 0) is 0 Å². The summed E-state index contributed by atoms with van der Waals surface area (Å²) in [7, 11) is 0. The Labute approximate surface area is 156 Å². The highest BCUT2D eigenvalue weighted by molar-refractivity contribution is 6.33. The van der Waals surface area contributed by atoms with Gasteiger partial charge in [-0.1, -0.05) is 40.9 Å². The summed E-state index contributed by atoms with van der Waals surface area (Å²) in [6.45, 7) is 5.96. The van der Waals surface area contributed by atoms with Crippen LogP contribution in [0.4, 0.5) is 0 Å². The number of pyridine rings is 1. The van der Waals surface area contributed by atoms with Crippen molar-refractivity contribution >= 4 is 22.6 Å². The zero-order valence-corrected chi connectivity index (χ0v) is 15.5. The van der Waals surface area contributed by atoms with Crippen molar-refractivity contribution < 1.29 is 5.11 Å². The molecule has 4 aromatic rings. The number of aromatic nitrogens is 3. The summed E-state index contributed by atoms with van der Waals surface area (Å²) < 4.78 is 1.82. The number of phenols is 1. The number of hydrogen-bond acceptors (Lipinski definition) is 3. The molecule has 2 aromatic carbocycles. The molecular weight excluding hydrogens is 346 g/mol. The lowest BCUT2D eigenvalue weighted by Gasteiger charge is -2.09. The molecule has 0 radical (unpaired) electrons. The zero-order chi connectivity index (χ0) is 18.4. The van der Waals surface area contributed by atoms with Gasteiger partial charge in [0.05, 0.1) is 22.1 Å². The fourth-order valence-corrected chi connectivity index (χ4v) is 3.31. The number of halogens is 1. The number of fused-ring (bicyclic) bond motifs is 1. The van der Waals surface area contributed by atoms with Gasteiger partial charge < -0.3 is 5.11 Å². The summed E-state index contributed by atoms with van der Waals surface area (Å²) in [4.78, 5) is 4.78. The van der Waals surface area contributed by atoms with Gasteiger partial charge in [0.1, 0.15) is 5.75 Å².